The average molecular weight is 205 g/mol. The lowest BCUT2D eigenvalue weighted by Gasteiger charge is -2.32. The number of rotatable bonds is 1. The van der Waals surface area contributed by atoms with Crippen LogP contribution in [-0.4, -0.2) is 24.1 Å². The molecule has 0 aliphatic carbocycles. The summed E-state index contributed by atoms with van der Waals surface area (Å²) in [4.78, 5) is 6.89. The van der Waals surface area contributed by atoms with E-state index < -0.39 is 0 Å². The monoisotopic (exact) mass is 205 g/mol. The quantitative estimate of drug-likeness (QED) is 0.757. The van der Waals surface area contributed by atoms with Crippen molar-refractivity contribution in [2.24, 2.45) is 5.73 Å². The van der Waals surface area contributed by atoms with Gasteiger partial charge in [-0.05, 0) is 38.8 Å². The third kappa shape index (κ3) is 2.29. The lowest BCUT2D eigenvalue weighted by Crippen LogP contribution is -2.40. The second-order valence-corrected chi connectivity index (χ2v) is 4.38. The Morgan fingerprint density at radius 1 is 1.27 bits per heavy atom. The molecule has 0 bridgehead atoms. The van der Waals surface area contributed by atoms with Gasteiger partial charge in [0, 0.05) is 24.8 Å². The maximum Gasteiger partial charge on any atom is 0.0608 e. The van der Waals surface area contributed by atoms with Gasteiger partial charge in [-0.3, -0.25) is 4.98 Å². The topological polar surface area (TPSA) is 42.1 Å². The fourth-order valence-electron chi connectivity index (χ4n) is 2.15. The third-order valence-corrected chi connectivity index (χ3v) is 3.08. The molecule has 1 aliphatic rings. The third-order valence-electron chi connectivity index (χ3n) is 3.08. The highest BCUT2D eigenvalue weighted by molar-refractivity contribution is 5.50. The zero-order valence-corrected chi connectivity index (χ0v) is 9.53. The van der Waals surface area contributed by atoms with Crippen LogP contribution in [0, 0.1) is 13.8 Å². The van der Waals surface area contributed by atoms with Crippen LogP contribution in [0.1, 0.15) is 24.2 Å². The molecule has 1 saturated heterocycles. The second-order valence-electron chi connectivity index (χ2n) is 4.38. The SMILES string of the molecule is Cc1ccc(N2CCC(N)CC2)c(C)n1. The van der Waals surface area contributed by atoms with Crippen LogP contribution in [0.3, 0.4) is 0 Å². The van der Waals surface area contributed by atoms with Crippen LogP contribution in [0.2, 0.25) is 0 Å². The van der Waals surface area contributed by atoms with Crippen LogP contribution in [0.4, 0.5) is 5.69 Å². The Labute approximate surface area is 91.3 Å². The van der Waals surface area contributed by atoms with Crippen molar-refractivity contribution in [2.75, 3.05) is 18.0 Å². The molecular formula is C12H19N3. The van der Waals surface area contributed by atoms with Crippen molar-refractivity contribution in [3.8, 4) is 0 Å². The Bertz CT molecular complexity index is 341. The zero-order chi connectivity index (χ0) is 10.8. The number of pyridine rings is 1. The molecule has 82 valence electrons. The van der Waals surface area contributed by atoms with Crippen LogP contribution < -0.4 is 10.6 Å². The molecule has 0 radical (unpaired) electrons. The van der Waals surface area contributed by atoms with E-state index in [-0.39, 0.29) is 0 Å². The largest absolute Gasteiger partial charge is 0.370 e. The molecular weight excluding hydrogens is 186 g/mol. The Hall–Kier alpha value is -1.09. The Kier molecular flexibility index (Phi) is 2.91. The molecule has 3 nitrogen and oxygen atoms in total. The fraction of sp³-hybridized carbons (Fsp3) is 0.583. The first kappa shape index (κ1) is 10.4. The molecule has 3 heteroatoms. The molecule has 1 aromatic rings. The predicted molar refractivity (Wildman–Crippen MR) is 63.1 cm³/mol. The number of nitrogens with zero attached hydrogens (tertiary/aromatic N) is 2. The van der Waals surface area contributed by atoms with E-state index in [4.69, 9.17) is 5.73 Å². The summed E-state index contributed by atoms with van der Waals surface area (Å²) in [6.45, 7) is 6.24. The normalized spacial score (nSPS) is 18.2. The first-order valence-electron chi connectivity index (χ1n) is 5.61. The average Bonchev–Trinajstić information content (AvgIpc) is 2.20. The molecule has 0 aromatic carbocycles. The van der Waals surface area contributed by atoms with Gasteiger partial charge in [-0.25, -0.2) is 0 Å². The summed E-state index contributed by atoms with van der Waals surface area (Å²) in [5, 5.41) is 0. The van der Waals surface area contributed by atoms with Crippen molar-refractivity contribution in [1.29, 1.82) is 0 Å². The molecule has 2 rings (SSSR count). The van der Waals surface area contributed by atoms with Crippen LogP contribution in [0.5, 0.6) is 0 Å². The molecule has 1 aromatic heterocycles. The number of hydrogen-bond donors (Lipinski definition) is 1. The second kappa shape index (κ2) is 4.19. The fourth-order valence-corrected chi connectivity index (χ4v) is 2.15. The summed E-state index contributed by atoms with van der Waals surface area (Å²) in [5.41, 5.74) is 9.38. The van der Waals surface area contributed by atoms with Crippen molar-refractivity contribution in [2.45, 2.75) is 32.7 Å². The Morgan fingerprint density at radius 3 is 2.53 bits per heavy atom. The number of piperidine rings is 1. The molecule has 0 spiro atoms. The van der Waals surface area contributed by atoms with Gasteiger partial charge in [0.05, 0.1) is 11.4 Å². The van der Waals surface area contributed by atoms with Crippen LogP contribution >= 0.6 is 0 Å². The molecule has 0 atom stereocenters. The molecule has 0 saturated carbocycles. The van der Waals surface area contributed by atoms with Gasteiger partial charge in [-0.15, -0.1) is 0 Å². The maximum absolute atomic E-state index is 5.89. The number of aromatic nitrogens is 1. The van der Waals surface area contributed by atoms with Gasteiger partial charge < -0.3 is 10.6 Å². The van der Waals surface area contributed by atoms with Gasteiger partial charge in [0.2, 0.25) is 0 Å². The van der Waals surface area contributed by atoms with Crippen molar-refractivity contribution >= 4 is 5.69 Å². The van der Waals surface area contributed by atoms with E-state index in [1.807, 2.05) is 6.92 Å². The summed E-state index contributed by atoms with van der Waals surface area (Å²) < 4.78 is 0. The number of hydrogen-bond acceptors (Lipinski definition) is 3. The van der Waals surface area contributed by atoms with Gasteiger partial charge in [0.15, 0.2) is 0 Å². The molecule has 15 heavy (non-hydrogen) atoms. The van der Waals surface area contributed by atoms with Gasteiger partial charge in [0.25, 0.3) is 0 Å². The summed E-state index contributed by atoms with van der Waals surface area (Å²) in [7, 11) is 0. The Balaban J connectivity index is 2.15. The first-order chi connectivity index (χ1) is 7.16. The van der Waals surface area contributed by atoms with E-state index in [9.17, 15) is 0 Å². The number of aryl methyl sites for hydroxylation is 2. The smallest absolute Gasteiger partial charge is 0.0608 e. The van der Waals surface area contributed by atoms with Crippen LogP contribution in [0.25, 0.3) is 0 Å². The van der Waals surface area contributed by atoms with Crippen molar-refractivity contribution < 1.29 is 0 Å². The highest BCUT2D eigenvalue weighted by Crippen LogP contribution is 2.22. The molecule has 1 aliphatic heterocycles. The molecule has 0 unspecified atom stereocenters. The summed E-state index contributed by atoms with van der Waals surface area (Å²) in [6.07, 6.45) is 2.18. The highest BCUT2D eigenvalue weighted by Gasteiger charge is 2.17. The molecule has 1 fully saturated rings. The van der Waals surface area contributed by atoms with Crippen molar-refractivity contribution in [3.05, 3.63) is 23.5 Å². The van der Waals surface area contributed by atoms with E-state index in [1.165, 1.54) is 5.69 Å². The minimum Gasteiger partial charge on any atom is -0.370 e. The number of nitrogens with two attached hydrogens (primary N) is 1. The number of anilines is 1. The minimum absolute atomic E-state index is 0.389. The van der Waals surface area contributed by atoms with E-state index in [1.54, 1.807) is 0 Å². The highest BCUT2D eigenvalue weighted by atomic mass is 15.1. The molecule has 2 heterocycles. The van der Waals surface area contributed by atoms with E-state index in [2.05, 4.69) is 28.9 Å². The van der Waals surface area contributed by atoms with E-state index in [0.717, 1.165) is 37.3 Å². The van der Waals surface area contributed by atoms with Gasteiger partial charge in [0.1, 0.15) is 0 Å². The summed E-state index contributed by atoms with van der Waals surface area (Å²) in [5.74, 6) is 0. The van der Waals surface area contributed by atoms with Crippen molar-refractivity contribution in [3.63, 3.8) is 0 Å². The van der Waals surface area contributed by atoms with Gasteiger partial charge in [-0.2, -0.15) is 0 Å². The van der Waals surface area contributed by atoms with E-state index >= 15 is 0 Å². The van der Waals surface area contributed by atoms with Gasteiger partial charge >= 0.3 is 0 Å². The summed E-state index contributed by atoms with van der Waals surface area (Å²) in [6, 6.07) is 4.64. The lowest BCUT2D eigenvalue weighted by molar-refractivity contribution is 0.500. The zero-order valence-electron chi connectivity index (χ0n) is 9.53. The standard InChI is InChI=1S/C12H19N3/c1-9-3-4-12(10(2)14-9)15-7-5-11(13)6-8-15/h3-4,11H,5-8,13H2,1-2H3. The lowest BCUT2D eigenvalue weighted by atomic mass is 10.1. The van der Waals surface area contributed by atoms with Gasteiger partial charge in [-0.1, -0.05) is 0 Å². The summed E-state index contributed by atoms with van der Waals surface area (Å²) >= 11 is 0. The van der Waals surface area contributed by atoms with Crippen LogP contribution in [-0.2, 0) is 0 Å². The maximum atomic E-state index is 5.89. The van der Waals surface area contributed by atoms with Crippen molar-refractivity contribution in [1.82, 2.24) is 4.98 Å². The van der Waals surface area contributed by atoms with Crippen LogP contribution in [0.15, 0.2) is 12.1 Å². The predicted octanol–water partition coefficient (Wildman–Crippen LogP) is 1.63. The molecule has 2 N–H and O–H groups in total. The van der Waals surface area contributed by atoms with E-state index in [0.29, 0.717) is 6.04 Å². The first-order valence-corrected chi connectivity index (χ1v) is 5.61. The minimum atomic E-state index is 0.389. The molecule has 0 amide bonds. The Morgan fingerprint density at radius 2 is 1.93 bits per heavy atom.